The molecule has 0 bridgehead atoms. The van der Waals surface area contributed by atoms with Crippen molar-refractivity contribution in [3.8, 4) is 0 Å². The van der Waals surface area contributed by atoms with E-state index in [1.54, 1.807) is 14.2 Å². The van der Waals surface area contributed by atoms with E-state index in [-0.39, 0.29) is 12.2 Å². The Morgan fingerprint density at radius 2 is 1.86 bits per heavy atom. The molecule has 116 valence electrons. The number of nitrogens with one attached hydrogen (secondary N) is 1. The number of hydrogen-bond acceptors (Lipinski definition) is 4. The quantitative estimate of drug-likeness (QED) is 0.851. The van der Waals surface area contributed by atoms with Gasteiger partial charge in [0, 0.05) is 50.1 Å². The van der Waals surface area contributed by atoms with Gasteiger partial charge in [-0.15, -0.1) is 0 Å². The van der Waals surface area contributed by atoms with Crippen LogP contribution in [0.25, 0.3) is 0 Å². The molecule has 2 atom stereocenters. The van der Waals surface area contributed by atoms with Crippen LogP contribution in [0, 0.1) is 0 Å². The van der Waals surface area contributed by atoms with Gasteiger partial charge in [-0.3, -0.25) is 0 Å². The van der Waals surface area contributed by atoms with Crippen LogP contribution < -0.4 is 10.2 Å². The highest BCUT2D eigenvalue weighted by molar-refractivity contribution is 9.10. The van der Waals surface area contributed by atoms with Crippen molar-refractivity contribution in [2.24, 2.45) is 0 Å². The molecule has 2 unspecified atom stereocenters. The molecule has 5 heteroatoms. The fourth-order valence-corrected chi connectivity index (χ4v) is 3.33. The molecule has 1 heterocycles. The lowest BCUT2D eigenvalue weighted by Gasteiger charge is -2.19. The fraction of sp³-hybridized carbons (Fsp3) is 0.625. The summed E-state index contributed by atoms with van der Waals surface area (Å²) in [6, 6.07) is 7.34. The van der Waals surface area contributed by atoms with Crippen molar-refractivity contribution in [2.75, 3.05) is 32.2 Å². The van der Waals surface area contributed by atoms with Crippen LogP contribution in [0.3, 0.4) is 0 Å². The molecule has 4 nitrogen and oxygen atoms in total. The minimum absolute atomic E-state index is 0.144. The van der Waals surface area contributed by atoms with E-state index in [4.69, 9.17) is 9.47 Å². The van der Waals surface area contributed by atoms with Crippen molar-refractivity contribution in [1.82, 2.24) is 5.32 Å². The van der Waals surface area contributed by atoms with Crippen LogP contribution in [0.1, 0.15) is 18.4 Å². The molecular formula is C16H23BrN2O2. The molecule has 2 fully saturated rings. The average molecular weight is 355 g/mol. The van der Waals surface area contributed by atoms with Gasteiger partial charge in [0.25, 0.3) is 0 Å². The summed E-state index contributed by atoms with van der Waals surface area (Å²) in [5, 5.41) is 3.55. The largest absolute Gasteiger partial charge is 0.377 e. The van der Waals surface area contributed by atoms with Gasteiger partial charge >= 0.3 is 0 Å². The van der Waals surface area contributed by atoms with Crippen molar-refractivity contribution in [3.05, 3.63) is 28.2 Å². The van der Waals surface area contributed by atoms with Gasteiger partial charge in [0.1, 0.15) is 12.2 Å². The summed E-state index contributed by atoms with van der Waals surface area (Å²) in [5.74, 6) is 0. The number of nitrogens with zero attached hydrogens (tertiary/aromatic N) is 1. The molecule has 0 spiro atoms. The minimum atomic E-state index is 0.144. The molecule has 1 N–H and O–H groups in total. The number of halogens is 1. The summed E-state index contributed by atoms with van der Waals surface area (Å²) in [6.07, 6.45) is 2.93. The summed E-state index contributed by atoms with van der Waals surface area (Å²) in [7, 11) is 3.51. The molecule has 2 aliphatic rings. The lowest BCUT2D eigenvalue weighted by Crippen LogP contribution is -2.27. The Morgan fingerprint density at radius 1 is 1.19 bits per heavy atom. The molecule has 1 aromatic rings. The van der Waals surface area contributed by atoms with Gasteiger partial charge in [0.15, 0.2) is 0 Å². The van der Waals surface area contributed by atoms with Crippen molar-refractivity contribution in [1.29, 1.82) is 0 Å². The first-order valence-electron chi connectivity index (χ1n) is 7.53. The molecule has 1 aliphatic carbocycles. The first-order valence-corrected chi connectivity index (χ1v) is 8.33. The molecule has 0 amide bonds. The Hall–Kier alpha value is -0.620. The molecule has 1 saturated heterocycles. The van der Waals surface area contributed by atoms with Crippen LogP contribution in [-0.2, 0) is 16.0 Å². The number of hydrogen-bond donors (Lipinski definition) is 1. The summed E-state index contributed by atoms with van der Waals surface area (Å²) >= 11 is 3.70. The van der Waals surface area contributed by atoms with E-state index in [0.29, 0.717) is 0 Å². The predicted octanol–water partition coefficient (Wildman–Crippen LogP) is 2.55. The van der Waals surface area contributed by atoms with E-state index < -0.39 is 0 Å². The first-order chi connectivity index (χ1) is 10.2. The molecule has 3 rings (SSSR count). The number of rotatable bonds is 6. The SMILES string of the molecule is COC1CN(c2ccc(CNC3CC3)c(Br)c2)CC1OC. The monoisotopic (exact) mass is 354 g/mol. The normalized spacial score (nSPS) is 25.6. The third-order valence-electron chi connectivity index (χ3n) is 4.38. The minimum Gasteiger partial charge on any atom is -0.377 e. The Kier molecular flexibility index (Phi) is 4.84. The number of anilines is 1. The smallest absolute Gasteiger partial charge is 0.102 e. The second kappa shape index (κ2) is 6.65. The van der Waals surface area contributed by atoms with Gasteiger partial charge in [-0.05, 0) is 30.5 Å². The fourth-order valence-electron chi connectivity index (χ4n) is 2.83. The van der Waals surface area contributed by atoms with Crippen LogP contribution in [0.4, 0.5) is 5.69 Å². The Morgan fingerprint density at radius 3 is 2.38 bits per heavy atom. The highest BCUT2D eigenvalue weighted by Crippen LogP contribution is 2.29. The van der Waals surface area contributed by atoms with Gasteiger partial charge in [-0.25, -0.2) is 0 Å². The molecule has 1 saturated carbocycles. The summed E-state index contributed by atoms with van der Waals surface area (Å²) < 4.78 is 12.2. The average Bonchev–Trinajstić information content (AvgIpc) is 3.23. The summed E-state index contributed by atoms with van der Waals surface area (Å²) in [6.45, 7) is 2.69. The van der Waals surface area contributed by atoms with Crippen molar-refractivity contribution in [3.63, 3.8) is 0 Å². The molecule has 21 heavy (non-hydrogen) atoms. The zero-order valence-electron chi connectivity index (χ0n) is 12.6. The van der Waals surface area contributed by atoms with E-state index in [9.17, 15) is 0 Å². The summed E-state index contributed by atoms with van der Waals surface area (Å²) in [5.41, 5.74) is 2.54. The lowest BCUT2D eigenvalue weighted by atomic mass is 10.2. The van der Waals surface area contributed by atoms with Gasteiger partial charge in [-0.1, -0.05) is 22.0 Å². The van der Waals surface area contributed by atoms with Gasteiger partial charge in [0.2, 0.25) is 0 Å². The maximum Gasteiger partial charge on any atom is 0.102 e. The van der Waals surface area contributed by atoms with Crippen LogP contribution in [0.2, 0.25) is 0 Å². The number of ether oxygens (including phenoxy) is 2. The van der Waals surface area contributed by atoms with Crippen LogP contribution in [0.15, 0.2) is 22.7 Å². The highest BCUT2D eigenvalue weighted by Gasteiger charge is 2.33. The lowest BCUT2D eigenvalue weighted by molar-refractivity contribution is -0.00461. The second-order valence-electron chi connectivity index (χ2n) is 5.88. The standard InChI is InChI=1S/C16H23BrN2O2/c1-20-15-9-19(10-16(15)21-2)13-6-3-11(14(17)7-13)8-18-12-4-5-12/h3,6-7,12,15-16,18H,4-5,8-10H2,1-2H3. The third kappa shape index (κ3) is 3.59. The van der Waals surface area contributed by atoms with E-state index in [2.05, 4.69) is 44.3 Å². The predicted molar refractivity (Wildman–Crippen MR) is 87.8 cm³/mol. The van der Waals surface area contributed by atoms with Crippen LogP contribution >= 0.6 is 15.9 Å². The van der Waals surface area contributed by atoms with Crippen molar-refractivity contribution in [2.45, 2.75) is 37.6 Å². The van der Waals surface area contributed by atoms with Crippen molar-refractivity contribution < 1.29 is 9.47 Å². The second-order valence-corrected chi connectivity index (χ2v) is 6.74. The zero-order chi connectivity index (χ0) is 14.8. The van der Waals surface area contributed by atoms with E-state index in [1.807, 2.05) is 0 Å². The first kappa shape index (κ1) is 15.3. The van der Waals surface area contributed by atoms with E-state index in [1.165, 1.54) is 28.6 Å². The Labute approximate surface area is 134 Å². The maximum absolute atomic E-state index is 5.50. The van der Waals surface area contributed by atoms with Gasteiger partial charge in [-0.2, -0.15) is 0 Å². The van der Waals surface area contributed by atoms with Crippen molar-refractivity contribution >= 4 is 21.6 Å². The molecule has 1 aliphatic heterocycles. The molecule has 1 aromatic carbocycles. The van der Waals surface area contributed by atoms with Crippen LogP contribution in [0.5, 0.6) is 0 Å². The zero-order valence-corrected chi connectivity index (χ0v) is 14.2. The topological polar surface area (TPSA) is 33.7 Å². The van der Waals surface area contributed by atoms with Gasteiger partial charge < -0.3 is 19.7 Å². The van der Waals surface area contributed by atoms with Gasteiger partial charge in [0.05, 0.1) is 0 Å². The summed E-state index contributed by atoms with van der Waals surface area (Å²) in [4.78, 5) is 2.32. The number of benzene rings is 1. The highest BCUT2D eigenvalue weighted by atomic mass is 79.9. The third-order valence-corrected chi connectivity index (χ3v) is 5.12. The number of methoxy groups -OCH3 is 2. The maximum atomic E-state index is 5.50. The van der Waals surface area contributed by atoms with E-state index >= 15 is 0 Å². The Bertz CT molecular complexity index is 481. The molecule has 0 radical (unpaired) electrons. The molecular weight excluding hydrogens is 332 g/mol. The Balaban J connectivity index is 1.66. The molecule has 0 aromatic heterocycles. The van der Waals surface area contributed by atoms with Crippen LogP contribution in [-0.4, -0.2) is 45.6 Å². The van der Waals surface area contributed by atoms with E-state index in [0.717, 1.165) is 25.7 Å².